The number of hydrogen-bond donors (Lipinski definition) is 1. The normalized spacial score (nSPS) is 10.7. The second-order valence-electron chi connectivity index (χ2n) is 3.91. The first-order chi connectivity index (χ1) is 8.61. The number of halogens is 3. The van der Waals surface area contributed by atoms with E-state index in [2.05, 4.69) is 0 Å². The highest BCUT2D eigenvalue weighted by Gasteiger charge is 2.11. The van der Waals surface area contributed by atoms with Crippen LogP contribution in [-0.4, -0.2) is 11.7 Å². The summed E-state index contributed by atoms with van der Waals surface area (Å²) in [6.07, 6.45) is 0.336. The van der Waals surface area contributed by atoms with Crippen LogP contribution in [0.3, 0.4) is 0 Å². The van der Waals surface area contributed by atoms with Crippen molar-refractivity contribution in [3.05, 3.63) is 59.4 Å². The molecule has 0 aliphatic carbocycles. The fraction of sp³-hybridized carbons (Fsp3) is 0.143. The Morgan fingerprint density at radius 2 is 1.44 bits per heavy atom. The molecule has 0 radical (unpaired) electrons. The van der Waals surface area contributed by atoms with Gasteiger partial charge in [-0.1, -0.05) is 12.1 Å². The summed E-state index contributed by atoms with van der Waals surface area (Å²) in [4.78, 5) is 0. The minimum Gasteiger partial charge on any atom is -0.396 e. The highest BCUT2D eigenvalue weighted by Crippen LogP contribution is 2.26. The van der Waals surface area contributed by atoms with Gasteiger partial charge in [-0.3, -0.25) is 0 Å². The third kappa shape index (κ3) is 2.54. The molecule has 2 rings (SSSR count). The zero-order chi connectivity index (χ0) is 13.1. The predicted octanol–water partition coefficient (Wildman–Crippen LogP) is 3.31. The molecule has 0 spiro atoms. The SMILES string of the molecule is OCCc1ccc(-c2ccc(F)cc2F)c(F)c1. The van der Waals surface area contributed by atoms with Crippen molar-refractivity contribution in [2.24, 2.45) is 0 Å². The summed E-state index contributed by atoms with van der Waals surface area (Å²) in [5.41, 5.74) is 0.722. The van der Waals surface area contributed by atoms with E-state index in [1.54, 1.807) is 6.07 Å². The van der Waals surface area contributed by atoms with E-state index in [0.717, 1.165) is 12.1 Å². The maximum absolute atomic E-state index is 13.8. The molecular formula is C14H11F3O. The summed E-state index contributed by atoms with van der Waals surface area (Å²) in [5, 5.41) is 8.75. The Kier molecular flexibility index (Phi) is 3.67. The third-order valence-corrected chi connectivity index (χ3v) is 2.66. The second kappa shape index (κ2) is 5.23. The van der Waals surface area contributed by atoms with Gasteiger partial charge in [0.15, 0.2) is 0 Å². The molecule has 0 amide bonds. The average Bonchev–Trinajstić information content (AvgIpc) is 2.31. The van der Waals surface area contributed by atoms with E-state index in [1.165, 1.54) is 18.2 Å². The van der Waals surface area contributed by atoms with Crippen LogP contribution >= 0.6 is 0 Å². The Morgan fingerprint density at radius 3 is 2.00 bits per heavy atom. The van der Waals surface area contributed by atoms with Crippen molar-refractivity contribution in [3.8, 4) is 11.1 Å². The predicted molar refractivity (Wildman–Crippen MR) is 62.5 cm³/mol. The smallest absolute Gasteiger partial charge is 0.134 e. The van der Waals surface area contributed by atoms with Crippen LogP contribution in [0.1, 0.15) is 5.56 Å². The topological polar surface area (TPSA) is 20.2 Å². The maximum atomic E-state index is 13.8. The van der Waals surface area contributed by atoms with Gasteiger partial charge in [-0.15, -0.1) is 0 Å². The standard InChI is InChI=1S/C14H11F3O/c15-10-2-4-12(14(17)8-10)11-3-1-9(5-6-18)7-13(11)16/h1-4,7-8,18H,5-6H2. The minimum atomic E-state index is -0.802. The molecule has 0 atom stereocenters. The molecule has 0 aliphatic rings. The lowest BCUT2D eigenvalue weighted by Crippen LogP contribution is -1.94. The lowest BCUT2D eigenvalue weighted by atomic mass is 10.0. The van der Waals surface area contributed by atoms with Crippen LogP contribution in [0.2, 0.25) is 0 Å². The molecule has 0 fully saturated rings. The molecule has 0 unspecified atom stereocenters. The van der Waals surface area contributed by atoms with Crippen molar-refractivity contribution >= 4 is 0 Å². The molecule has 1 nitrogen and oxygen atoms in total. The Bertz CT molecular complexity index is 567. The van der Waals surface area contributed by atoms with Crippen LogP contribution in [0.5, 0.6) is 0 Å². The van der Waals surface area contributed by atoms with Crippen molar-refractivity contribution in [1.29, 1.82) is 0 Å². The molecule has 0 aliphatic heterocycles. The zero-order valence-electron chi connectivity index (χ0n) is 9.46. The number of rotatable bonds is 3. The second-order valence-corrected chi connectivity index (χ2v) is 3.91. The Labute approximate surface area is 103 Å². The van der Waals surface area contributed by atoms with Gasteiger partial charge in [0, 0.05) is 23.8 Å². The lowest BCUT2D eigenvalue weighted by molar-refractivity contribution is 0.299. The molecule has 1 N–H and O–H groups in total. The van der Waals surface area contributed by atoms with Gasteiger partial charge in [0.05, 0.1) is 0 Å². The molecule has 94 valence electrons. The summed E-state index contributed by atoms with van der Waals surface area (Å²) < 4.78 is 40.1. The third-order valence-electron chi connectivity index (χ3n) is 2.66. The maximum Gasteiger partial charge on any atom is 0.134 e. The van der Waals surface area contributed by atoms with Crippen molar-refractivity contribution in [2.75, 3.05) is 6.61 Å². The molecule has 2 aromatic rings. The van der Waals surface area contributed by atoms with Gasteiger partial charge in [0.2, 0.25) is 0 Å². The van der Waals surface area contributed by atoms with E-state index in [1.807, 2.05) is 0 Å². The Morgan fingerprint density at radius 1 is 0.833 bits per heavy atom. The molecule has 4 heteroatoms. The van der Waals surface area contributed by atoms with Gasteiger partial charge in [0.25, 0.3) is 0 Å². The van der Waals surface area contributed by atoms with E-state index < -0.39 is 17.5 Å². The number of hydrogen-bond acceptors (Lipinski definition) is 1. The fourth-order valence-corrected chi connectivity index (χ4v) is 1.77. The van der Waals surface area contributed by atoms with Crippen LogP contribution in [-0.2, 0) is 6.42 Å². The van der Waals surface area contributed by atoms with Crippen molar-refractivity contribution < 1.29 is 18.3 Å². The van der Waals surface area contributed by atoms with Gasteiger partial charge in [-0.2, -0.15) is 0 Å². The molecule has 0 saturated carbocycles. The minimum absolute atomic E-state index is 0.0180. The van der Waals surface area contributed by atoms with Gasteiger partial charge in [-0.25, -0.2) is 13.2 Å². The first kappa shape index (κ1) is 12.6. The summed E-state index contributed by atoms with van der Waals surface area (Å²) in [7, 11) is 0. The van der Waals surface area contributed by atoms with E-state index >= 15 is 0 Å². The van der Waals surface area contributed by atoms with Crippen LogP contribution in [0.4, 0.5) is 13.2 Å². The van der Waals surface area contributed by atoms with Gasteiger partial charge in [0.1, 0.15) is 17.5 Å². The number of benzene rings is 2. The molecule has 0 bridgehead atoms. The van der Waals surface area contributed by atoms with Crippen LogP contribution in [0.25, 0.3) is 11.1 Å². The van der Waals surface area contributed by atoms with Crippen LogP contribution in [0, 0.1) is 17.5 Å². The highest BCUT2D eigenvalue weighted by molar-refractivity contribution is 5.65. The van der Waals surface area contributed by atoms with E-state index in [9.17, 15) is 13.2 Å². The van der Waals surface area contributed by atoms with E-state index in [4.69, 9.17) is 5.11 Å². The highest BCUT2D eigenvalue weighted by atomic mass is 19.1. The lowest BCUT2D eigenvalue weighted by Gasteiger charge is -2.07. The summed E-state index contributed by atoms with van der Waals surface area (Å²) in [6.45, 7) is -0.0797. The summed E-state index contributed by atoms with van der Waals surface area (Å²) in [5.74, 6) is -2.09. The summed E-state index contributed by atoms with van der Waals surface area (Å²) in [6, 6.07) is 7.28. The molecule has 0 aromatic heterocycles. The largest absolute Gasteiger partial charge is 0.396 e. The first-order valence-corrected chi connectivity index (χ1v) is 5.46. The van der Waals surface area contributed by atoms with Crippen molar-refractivity contribution in [2.45, 2.75) is 6.42 Å². The van der Waals surface area contributed by atoms with Crippen LogP contribution in [0.15, 0.2) is 36.4 Å². The quantitative estimate of drug-likeness (QED) is 0.888. The molecule has 18 heavy (non-hydrogen) atoms. The van der Waals surface area contributed by atoms with Crippen LogP contribution < -0.4 is 0 Å². The van der Waals surface area contributed by atoms with Crippen molar-refractivity contribution in [1.82, 2.24) is 0 Å². The summed E-state index contributed by atoms with van der Waals surface area (Å²) >= 11 is 0. The Balaban J connectivity index is 2.44. The zero-order valence-corrected chi connectivity index (χ0v) is 9.46. The molecular weight excluding hydrogens is 241 g/mol. The molecule has 2 aromatic carbocycles. The molecule has 0 heterocycles. The van der Waals surface area contributed by atoms with E-state index in [0.29, 0.717) is 12.0 Å². The van der Waals surface area contributed by atoms with Gasteiger partial charge in [-0.05, 0) is 30.2 Å². The Hall–Kier alpha value is -1.81. The number of aliphatic hydroxyl groups excluding tert-OH is 1. The van der Waals surface area contributed by atoms with Gasteiger partial charge < -0.3 is 5.11 Å². The average molecular weight is 252 g/mol. The number of aliphatic hydroxyl groups is 1. The molecule has 0 saturated heterocycles. The monoisotopic (exact) mass is 252 g/mol. The fourth-order valence-electron chi connectivity index (χ4n) is 1.77. The van der Waals surface area contributed by atoms with Gasteiger partial charge >= 0.3 is 0 Å². The van der Waals surface area contributed by atoms with Crippen molar-refractivity contribution in [3.63, 3.8) is 0 Å². The first-order valence-electron chi connectivity index (χ1n) is 5.46. The van der Waals surface area contributed by atoms with E-state index in [-0.39, 0.29) is 17.7 Å².